The van der Waals surface area contributed by atoms with Gasteiger partial charge in [0.05, 0.1) is 0 Å². The molecule has 3 heteroatoms. The quantitative estimate of drug-likeness (QED) is 0.536. The first-order valence-corrected chi connectivity index (χ1v) is 3.19. The first-order valence-electron chi connectivity index (χ1n) is 3.19. The predicted molar refractivity (Wildman–Crippen MR) is 39.7 cm³/mol. The molecule has 0 heterocycles. The van der Waals surface area contributed by atoms with Gasteiger partial charge in [-0.2, -0.15) is 0 Å². The molecular weight excluding hydrogens is 124 g/mol. The van der Waals surface area contributed by atoms with Crippen LogP contribution >= 0.6 is 0 Å². The van der Waals surface area contributed by atoms with Crippen LogP contribution in [-0.2, 0) is 6.54 Å². The molecule has 0 saturated carbocycles. The molecule has 2 N–H and O–H groups in total. The molecular formula is C7H7FLiN. The molecule has 0 aromatic heterocycles. The Kier molecular flexibility index (Phi) is 2.50. The van der Waals surface area contributed by atoms with Crippen molar-refractivity contribution in [3.05, 3.63) is 29.6 Å². The van der Waals surface area contributed by atoms with Crippen LogP contribution in [0.2, 0.25) is 0 Å². The fourth-order valence-electron chi connectivity index (χ4n) is 0.818. The molecule has 0 bridgehead atoms. The van der Waals surface area contributed by atoms with Crippen molar-refractivity contribution in [3.8, 4) is 0 Å². The summed E-state index contributed by atoms with van der Waals surface area (Å²) >= 11 is 1.85. The van der Waals surface area contributed by atoms with Gasteiger partial charge in [0.15, 0.2) is 0 Å². The summed E-state index contributed by atoms with van der Waals surface area (Å²) in [6, 6.07) is 5.05. The van der Waals surface area contributed by atoms with E-state index in [1.54, 1.807) is 6.07 Å². The normalized spacial score (nSPS) is 10.0. The van der Waals surface area contributed by atoms with E-state index >= 15 is 0 Å². The fourth-order valence-corrected chi connectivity index (χ4v) is 0.818. The van der Waals surface area contributed by atoms with Crippen molar-refractivity contribution in [1.82, 2.24) is 0 Å². The van der Waals surface area contributed by atoms with E-state index in [4.69, 9.17) is 5.73 Å². The summed E-state index contributed by atoms with van der Waals surface area (Å²) in [4.78, 5) is 0. The molecule has 0 amide bonds. The van der Waals surface area contributed by atoms with E-state index in [2.05, 4.69) is 0 Å². The van der Waals surface area contributed by atoms with Crippen LogP contribution in [0, 0.1) is 5.82 Å². The topological polar surface area (TPSA) is 26.0 Å². The van der Waals surface area contributed by atoms with Gasteiger partial charge in [0.25, 0.3) is 0 Å². The Morgan fingerprint density at radius 1 is 1.50 bits per heavy atom. The van der Waals surface area contributed by atoms with Crippen LogP contribution in [0.15, 0.2) is 18.2 Å². The average Bonchev–Trinajstić information content (AvgIpc) is 1.88. The van der Waals surface area contributed by atoms with Crippen molar-refractivity contribution in [2.75, 3.05) is 0 Å². The van der Waals surface area contributed by atoms with Gasteiger partial charge in [-0.15, -0.1) is 0 Å². The number of halogens is 1. The molecule has 1 nitrogen and oxygen atoms in total. The molecule has 0 fully saturated rings. The second kappa shape index (κ2) is 3.20. The molecule has 0 aliphatic rings. The molecule has 0 saturated heterocycles. The number of rotatable bonds is 1. The van der Waals surface area contributed by atoms with Crippen molar-refractivity contribution in [1.29, 1.82) is 0 Å². The molecule has 48 valence electrons. The van der Waals surface area contributed by atoms with Crippen molar-refractivity contribution >= 4 is 22.0 Å². The SMILES string of the molecule is [Li][c]1ccc(CN)c(F)c1. The van der Waals surface area contributed by atoms with Crippen LogP contribution in [-0.4, -0.2) is 17.7 Å². The van der Waals surface area contributed by atoms with E-state index in [-0.39, 0.29) is 12.4 Å². The van der Waals surface area contributed by atoms with Gasteiger partial charge in [-0.25, -0.2) is 0 Å². The molecule has 0 radical (unpaired) electrons. The Balaban J connectivity index is 3.07. The summed E-state index contributed by atoms with van der Waals surface area (Å²) in [5.74, 6) is -0.206. The Labute approximate surface area is 68.6 Å². The van der Waals surface area contributed by atoms with Crippen LogP contribution in [0.5, 0.6) is 0 Å². The first-order chi connectivity index (χ1) is 4.74. The zero-order valence-electron chi connectivity index (χ0n) is 5.89. The van der Waals surface area contributed by atoms with Crippen LogP contribution in [0.3, 0.4) is 0 Å². The van der Waals surface area contributed by atoms with Crippen molar-refractivity contribution in [2.24, 2.45) is 5.73 Å². The van der Waals surface area contributed by atoms with E-state index < -0.39 is 0 Å². The van der Waals surface area contributed by atoms with Crippen molar-refractivity contribution in [2.45, 2.75) is 6.54 Å². The third kappa shape index (κ3) is 1.60. The van der Waals surface area contributed by atoms with Gasteiger partial charge >= 0.3 is 68.2 Å². The minimum absolute atomic E-state index is 0.206. The summed E-state index contributed by atoms with van der Waals surface area (Å²) in [5, 5.41) is 0. The van der Waals surface area contributed by atoms with E-state index in [9.17, 15) is 4.39 Å². The van der Waals surface area contributed by atoms with Gasteiger partial charge in [-0.1, -0.05) is 0 Å². The monoisotopic (exact) mass is 131 g/mol. The number of benzene rings is 1. The molecule has 0 unspecified atom stereocenters. The van der Waals surface area contributed by atoms with Crippen LogP contribution < -0.4 is 9.97 Å². The van der Waals surface area contributed by atoms with Crippen LogP contribution in [0.1, 0.15) is 5.56 Å². The molecule has 0 atom stereocenters. The summed E-state index contributed by atoms with van der Waals surface area (Å²) in [7, 11) is 0. The van der Waals surface area contributed by atoms with E-state index in [1.165, 1.54) is 6.07 Å². The van der Waals surface area contributed by atoms with Crippen molar-refractivity contribution in [3.63, 3.8) is 0 Å². The van der Waals surface area contributed by atoms with Crippen LogP contribution in [0.25, 0.3) is 0 Å². The average molecular weight is 131 g/mol. The molecule has 1 aromatic rings. The second-order valence-electron chi connectivity index (χ2n) is 2.30. The number of nitrogens with two attached hydrogens (primary N) is 1. The zero-order valence-corrected chi connectivity index (χ0v) is 5.89. The third-order valence-corrected chi connectivity index (χ3v) is 1.43. The molecule has 1 rings (SSSR count). The standard InChI is InChI=1S/C7H7FN.Li/c8-7-4-2-1-3-6(7)5-9;/h1,3-4H,5,9H2;. The van der Waals surface area contributed by atoms with E-state index in [0.717, 1.165) is 4.24 Å². The zero-order chi connectivity index (χ0) is 7.56. The van der Waals surface area contributed by atoms with Gasteiger partial charge in [-0.05, 0) is 0 Å². The van der Waals surface area contributed by atoms with Gasteiger partial charge < -0.3 is 0 Å². The molecule has 10 heavy (non-hydrogen) atoms. The number of hydrogen-bond donors (Lipinski definition) is 1. The second-order valence-corrected chi connectivity index (χ2v) is 2.30. The van der Waals surface area contributed by atoms with Gasteiger partial charge in [0.2, 0.25) is 0 Å². The van der Waals surface area contributed by atoms with Gasteiger partial charge in [-0.3, -0.25) is 0 Å². The summed E-state index contributed by atoms with van der Waals surface area (Å²) in [5.41, 5.74) is 5.84. The number of hydrogen-bond acceptors (Lipinski definition) is 1. The first kappa shape index (κ1) is 7.81. The van der Waals surface area contributed by atoms with Gasteiger partial charge in [0.1, 0.15) is 0 Å². The fraction of sp³-hybridized carbons (Fsp3) is 0.143. The summed E-state index contributed by atoms with van der Waals surface area (Å²) < 4.78 is 13.7. The maximum absolute atomic E-state index is 12.8. The molecule has 0 aliphatic carbocycles. The Morgan fingerprint density at radius 2 is 2.20 bits per heavy atom. The Hall–Kier alpha value is -0.293. The van der Waals surface area contributed by atoms with Crippen molar-refractivity contribution < 1.29 is 4.39 Å². The summed E-state index contributed by atoms with van der Waals surface area (Å²) in [6.07, 6.45) is 0. The molecule has 0 spiro atoms. The maximum atomic E-state index is 12.8. The predicted octanol–water partition coefficient (Wildman–Crippen LogP) is 0.0782. The third-order valence-electron chi connectivity index (χ3n) is 1.43. The van der Waals surface area contributed by atoms with E-state index in [0.29, 0.717) is 5.56 Å². The summed E-state index contributed by atoms with van der Waals surface area (Å²) in [6.45, 7) is 0.270. The van der Waals surface area contributed by atoms with Crippen LogP contribution in [0.4, 0.5) is 4.39 Å². The Bertz CT molecular complexity index is 237. The Morgan fingerprint density at radius 3 is 2.70 bits per heavy atom. The minimum atomic E-state index is -0.206. The van der Waals surface area contributed by atoms with Gasteiger partial charge in [0, 0.05) is 0 Å². The molecule has 1 aromatic carbocycles. The molecule has 0 aliphatic heterocycles. The van der Waals surface area contributed by atoms with E-state index in [1.807, 2.05) is 23.8 Å².